The Morgan fingerprint density at radius 1 is 0.500 bits per heavy atom. The monoisotopic (exact) mass is 537 g/mol. The van der Waals surface area contributed by atoms with Crippen molar-refractivity contribution < 1.29 is 74.6 Å². The molecule has 1 aromatic rings. The highest BCUT2D eigenvalue weighted by Gasteiger charge is 2.95. The summed E-state index contributed by atoms with van der Waals surface area (Å²) < 4.78 is 225. The molecular weight excluding hydrogens is 527 g/mol. The van der Waals surface area contributed by atoms with Gasteiger partial charge in [-0.05, 0) is 18.4 Å². The normalized spacial score (nSPS) is 15.8. The maximum absolute atomic E-state index is 14.1. The predicted molar refractivity (Wildman–Crippen MR) is 79.8 cm³/mol. The van der Waals surface area contributed by atoms with Crippen LogP contribution in [-0.4, -0.2) is 41.7 Å². The Morgan fingerprint density at radius 2 is 0.794 bits per heavy atom. The molecule has 0 aromatic heterocycles. The van der Waals surface area contributed by atoms with Crippen molar-refractivity contribution in [3.63, 3.8) is 0 Å². The van der Waals surface area contributed by atoms with Gasteiger partial charge >= 0.3 is 47.6 Å². The van der Waals surface area contributed by atoms with Gasteiger partial charge in [-0.3, -0.25) is 0 Å². The zero-order valence-electron chi connectivity index (χ0n) is 16.0. The second kappa shape index (κ2) is 8.03. The van der Waals surface area contributed by atoms with Crippen LogP contribution in [-0.2, 0) is 5.92 Å². The lowest BCUT2D eigenvalue weighted by atomic mass is 9.87. The van der Waals surface area contributed by atoms with E-state index in [0.717, 1.165) is 0 Å². The fourth-order valence-corrected chi connectivity index (χ4v) is 2.37. The van der Waals surface area contributed by atoms with Gasteiger partial charge in [0.15, 0.2) is 0 Å². The summed E-state index contributed by atoms with van der Waals surface area (Å²) in [4.78, 5) is 0. The molecule has 0 fully saturated rings. The van der Waals surface area contributed by atoms with E-state index in [1.54, 1.807) is 0 Å². The maximum atomic E-state index is 14.1. The zero-order valence-corrected chi connectivity index (χ0v) is 16.0. The van der Waals surface area contributed by atoms with E-state index >= 15 is 0 Å². The molecule has 1 rings (SSSR count). The molecule has 1 unspecified atom stereocenters. The minimum absolute atomic E-state index is 0.0134. The van der Waals surface area contributed by atoms with Crippen LogP contribution >= 0.6 is 0 Å². The fourth-order valence-electron chi connectivity index (χ4n) is 2.37. The van der Waals surface area contributed by atoms with Crippen molar-refractivity contribution >= 4 is 0 Å². The molecule has 0 spiro atoms. The SMILES string of the molecule is [CH2]C(C)c1ccc(C(F)(F)C(F)(F)C(F)(F)C(F)(F)C(F)(F)C(F)(F)C(F)(F)C(F)(F)F)cc1. The summed E-state index contributed by atoms with van der Waals surface area (Å²) >= 11 is 0. The molecule has 0 bridgehead atoms. The topological polar surface area (TPSA) is 0 Å². The van der Waals surface area contributed by atoms with E-state index in [-0.39, 0.29) is 17.7 Å². The Hall–Kier alpha value is -1.97. The van der Waals surface area contributed by atoms with Gasteiger partial charge in [0.1, 0.15) is 0 Å². The lowest BCUT2D eigenvalue weighted by Crippen LogP contribution is -2.74. The smallest absolute Gasteiger partial charge is 0.194 e. The largest absolute Gasteiger partial charge is 0.460 e. The minimum atomic E-state index is -8.63. The maximum Gasteiger partial charge on any atom is 0.460 e. The molecule has 0 saturated heterocycles. The molecule has 0 N–H and O–H groups in total. The molecule has 34 heavy (non-hydrogen) atoms. The first kappa shape index (κ1) is 30.1. The number of halogens is 17. The molecule has 0 amide bonds. The highest BCUT2D eigenvalue weighted by atomic mass is 19.4. The first-order valence-corrected chi connectivity index (χ1v) is 8.31. The van der Waals surface area contributed by atoms with Gasteiger partial charge in [-0.1, -0.05) is 31.2 Å². The van der Waals surface area contributed by atoms with Crippen LogP contribution in [0.2, 0.25) is 0 Å². The average Bonchev–Trinajstić information content (AvgIpc) is 2.66. The average molecular weight is 537 g/mol. The number of rotatable bonds is 8. The van der Waals surface area contributed by atoms with Gasteiger partial charge in [0.2, 0.25) is 0 Å². The predicted octanol–water partition coefficient (Wildman–Crippen LogP) is 8.09. The molecule has 0 aliphatic heterocycles. The zero-order chi connectivity index (χ0) is 27.6. The molecule has 0 aliphatic carbocycles. The van der Waals surface area contributed by atoms with Gasteiger partial charge in [-0.25, -0.2) is 0 Å². The van der Waals surface area contributed by atoms with E-state index in [4.69, 9.17) is 0 Å². The first-order chi connectivity index (χ1) is 14.7. The number of hydrogen-bond acceptors (Lipinski definition) is 0. The molecule has 197 valence electrons. The second-order valence-corrected chi connectivity index (χ2v) is 7.04. The van der Waals surface area contributed by atoms with Crippen molar-refractivity contribution in [1.82, 2.24) is 0 Å². The number of alkyl halides is 17. The van der Waals surface area contributed by atoms with E-state index in [1.807, 2.05) is 0 Å². The lowest BCUT2D eigenvalue weighted by molar-refractivity contribution is -0.462. The van der Waals surface area contributed by atoms with Gasteiger partial charge in [0, 0.05) is 5.56 Å². The molecular formula is C17H10F17. The first-order valence-electron chi connectivity index (χ1n) is 8.31. The Bertz CT molecular complexity index is 861. The van der Waals surface area contributed by atoms with E-state index in [1.165, 1.54) is 6.92 Å². The van der Waals surface area contributed by atoms with Crippen molar-refractivity contribution in [3.8, 4) is 0 Å². The van der Waals surface area contributed by atoms with E-state index in [0.29, 0.717) is 12.1 Å². The van der Waals surface area contributed by atoms with Crippen LogP contribution in [0.5, 0.6) is 0 Å². The third kappa shape index (κ3) is 3.85. The molecule has 17 heteroatoms. The highest BCUT2D eigenvalue weighted by Crippen LogP contribution is 2.65. The summed E-state index contributed by atoms with van der Waals surface area (Å²) in [7, 11) is 0. The fraction of sp³-hybridized carbons (Fsp3) is 0.588. The summed E-state index contributed by atoms with van der Waals surface area (Å²) in [5.41, 5.74) is -2.26. The van der Waals surface area contributed by atoms with Crippen molar-refractivity contribution in [2.75, 3.05) is 0 Å². The summed E-state index contributed by atoms with van der Waals surface area (Å²) in [6.07, 6.45) is -7.77. The standard InChI is InChI=1S/C17H10F17/c1-7(2)8-3-5-9(6-4-8)10(18,19)11(20,21)12(22,23)13(24,25)14(26,27)15(28,29)16(30,31)17(32,33)34/h3-7H,1H2,2H3. The van der Waals surface area contributed by atoms with Crippen molar-refractivity contribution in [2.24, 2.45) is 0 Å². The molecule has 1 radical (unpaired) electrons. The molecule has 1 atom stereocenters. The Balaban J connectivity index is 3.68. The number of benzene rings is 1. The van der Waals surface area contributed by atoms with Crippen molar-refractivity contribution in [3.05, 3.63) is 42.3 Å². The Morgan fingerprint density at radius 3 is 1.09 bits per heavy atom. The third-order valence-corrected chi connectivity index (χ3v) is 4.56. The van der Waals surface area contributed by atoms with Crippen LogP contribution in [0.1, 0.15) is 24.0 Å². The van der Waals surface area contributed by atoms with Gasteiger partial charge in [-0.2, -0.15) is 74.6 Å². The summed E-state index contributed by atoms with van der Waals surface area (Å²) in [6.45, 7) is 4.67. The Kier molecular flexibility index (Phi) is 7.10. The molecule has 1 aromatic carbocycles. The van der Waals surface area contributed by atoms with Crippen LogP contribution in [0.4, 0.5) is 74.6 Å². The van der Waals surface area contributed by atoms with E-state index < -0.39 is 59.1 Å². The van der Waals surface area contributed by atoms with Gasteiger partial charge in [0.05, 0.1) is 0 Å². The molecule has 0 nitrogen and oxygen atoms in total. The quantitative estimate of drug-likeness (QED) is 0.294. The van der Waals surface area contributed by atoms with Gasteiger partial charge < -0.3 is 0 Å². The van der Waals surface area contributed by atoms with Crippen LogP contribution in [0.25, 0.3) is 0 Å². The second-order valence-electron chi connectivity index (χ2n) is 7.04. The molecule has 0 aliphatic rings. The minimum Gasteiger partial charge on any atom is -0.194 e. The van der Waals surface area contributed by atoms with Crippen molar-refractivity contribution in [1.29, 1.82) is 0 Å². The van der Waals surface area contributed by atoms with Crippen LogP contribution in [0.3, 0.4) is 0 Å². The molecule has 0 heterocycles. The van der Waals surface area contributed by atoms with E-state index in [2.05, 4.69) is 6.92 Å². The summed E-state index contributed by atoms with van der Waals surface area (Å²) in [5, 5.41) is 0. The Labute approximate surface area is 178 Å². The van der Waals surface area contributed by atoms with Gasteiger partial charge in [-0.15, -0.1) is 0 Å². The van der Waals surface area contributed by atoms with Crippen LogP contribution < -0.4 is 0 Å². The highest BCUT2D eigenvalue weighted by molar-refractivity contribution is 5.31. The van der Waals surface area contributed by atoms with Crippen LogP contribution in [0, 0.1) is 6.92 Å². The lowest BCUT2D eigenvalue weighted by Gasteiger charge is -2.42. The third-order valence-electron chi connectivity index (χ3n) is 4.56. The summed E-state index contributed by atoms with van der Waals surface area (Å²) in [5.74, 6) is -57.2. The van der Waals surface area contributed by atoms with E-state index in [9.17, 15) is 74.6 Å². The van der Waals surface area contributed by atoms with Crippen molar-refractivity contribution in [2.45, 2.75) is 60.5 Å². The number of hydrogen-bond donors (Lipinski definition) is 0. The summed E-state index contributed by atoms with van der Waals surface area (Å²) in [6, 6.07) is 0.952. The van der Waals surface area contributed by atoms with Crippen LogP contribution in [0.15, 0.2) is 24.3 Å². The van der Waals surface area contributed by atoms with Gasteiger partial charge in [0.25, 0.3) is 0 Å². The molecule has 0 saturated carbocycles.